The Labute approximate surface area is 89.7 Å². The highest BCUT2D eigenvalue weighted by Crippen LogP contribution is 2.18. The summed E-state index contributed by atoms with van der Waals surface area (Å²) >= 11 is 0. The summed E-state index contributed by atoms with van der Waals surface area (Å²) in [5, 5.41) is 3.44. The minimum Gasteiger partial charge on any atom is -0.396 e. The first-order valence-corrected chi connectivity index (χ1v) is 5.53. The summed E-state index contributed by atoms with van der Waals surface area (Å²) in [7, 11) is 0. The van der Waals surface area contributed by atoms with Crippen LogP contribution in [0.25, 0.3) is 0 Å². The molecule has 1 aliphatic carbocycles. The molecule has 0 saturated heterocycles. The Morgan fingerprint density at radius 3 is 2.73 bits per heavy atom. The van der Waals surface area contributed by atoms with Crippen molar-refractivity contribution in [2.45, 2.75) is 38.3 Å². The van der Waals surface area contributed by atoms with E-state index < -0.39 is 0 Å². The molecule has 2 rings (SSSR count). The number of benzene rings is 1. The summed E-state index contributed by atoms with van der Waals surface area (Å²) in [6.45, 7) is 0.738. The Morgan fingerprint density at radius 2 is 2.07 bits per heavy atom. The van der Waals surface area contributed by atoms with Gasteiger partial charge in [0.1, 0.15) is 5.82 Å². The zero-order valence-electron chi connectivity index (χ0n) is 8.80. The summed E-state index contributed by atoms with van der Waals surface area (Å²) in [5.41, 5.74) is 6.60. The molecule has 0 unspecified atom stereocenters. The molecular formula is C12H17FN2. The van der Waals surface area contributed by atoms with E-state index in [9.17, 15) is 4.39 Å². The van der Waals surface area contributed by atoms with Gasteiger partial charge in [0.05, 0.1) is 5.69 Å². The van der Waals surface area contributed by atoms with Gasteiger partial charge in [-0.3, -0.25) is 0 Å². The summed E-state index contributed by atoms with van der Waals surface area (Å²) in [4.78, 5) is 0. The maximum Gasteiger partial charge on any atom is 0.146 e. The van der Waals surface area contributed by atoms with E-state index in [1.54, 1.807) is 6.07 Å². The maximum atomic E-state index is 13.1. The summed E-state index contributed by atoms with van der Waals surface area (Å²) in [6.07, 6.45) is 5.12. The third-order valence-corrected chi connectivity index (χ3v) is 3.01. The number of hydrogen-bond acceptors (Lipinski definition) is 2. The first-order chi connectivity index (χ1) is 7.25. The molecule has 3 N–H and O–H groups in total. The van der Waals surface area contributed by atoms with E-state index in [1.807, 2.05) is 6.07 Å². The molecular weight excluding hydrogens is 191 g/mol. The molecule has 1 fully saturated rings. The van der Waals surface area contributed by atoms with Crippen molar-refractivity contribution in [1.29, 1.82) is 0 Å². The van der Waals surface area contributed by atoms with Crippen molar-refractivity contribution >= 4 is 5.69 Å². The first kappa shape index (κ1) is 10.4. The van der Waals surface area contributed by atoms with Gasteiger partial charge in [0.2, 0.25) is 0 Å². The molecule has 0 spiro atoms. The molecule has 0 aliphatic heterocycles. The largest absolute Gasteiger partial charge is 0.396 e. The Balaban J connectivity index is 1.90. The molecule has 1 aromatic carbocycles. The van der Waals surface area contributed by atoms with Crippen LogP contribution in [0.1, 0.15) is 31.2 Å². The van der Waals surface area contributed by atoms with Crippen LogP contribution in [0.5, 0.6) is 0 Å². The van der Waals surface area contributed by atoms with E-state index in [2.05, 4.69) is 5.32 Å². The number of halogens is 1. The zero-order valence-corrected chi connectivity index (χ0v) is 8.80. The van der Waals surface area contributed by atoms with Gasteiger partial charge in [-0.25, -0.2) is 4.39 Å². The lowest BCUT2D eigenvalue weighted by Gasteiger charge is -2.11. The SMILES string of the molecule is Nc1ccc(CNC2CCCC2)cc1F. The molecule has 1 aromatic rings. The predicted octanol–water partition coefficient (Wildman–Crippen LogP) is 2.44. The van der Waals surface area contributed by atoms with Crippen molar-refractivity contribution in [2.75, 3.05) is 5.73 Å². The molecule has 1 saturated carbocycles. The summed E-state index contributed by atoms with van der Waals surface area (Å²) in [5.74, 6) is -0.319. The second kappa shape index (κ2) is 4.62. The molecule has 2 nitrogen and oxygen atoms in total. The van der Waals surface area contributed by atoms with Gasteiger partial charge >= 0.3 is 0 Å². The molecule has 0 bridgehead atoms. The van der Waals surface area contributed by atoms with Crippen LogP contribution in [0.3, 0.4) is 0 Å². The Kier molecular flexibility index (Phi) is 3.21. The molecule has 15 heavy (non-hydrogen) atoms. The minimum atomic E-state index is -0.319. The lowest BCUT2D eigenvalue weighted by atomic mass is 10.1. The van der Waals surface area contributed by atoms with Crippen LogP contribution in [-0.4, -0.2) is 6.04 Å². The standard InChI is InChI=1S/C12H17FN2/c13-11-7-9(5-6-12(11)14)8-15-10-3-1-2-4-10/h5-7,10,15H,1-4,8,14H2. The van der Waals surface area contributed by atoms with E-state index in [0.29, 0.717) is 6.04 Å². The van der Waals surface area contributed by atoms with Gasteiger partial charge in [0, 0.05) is 12.6 Å². The van der Waals surface area contributed by atoms with Crippen LogP contribution < -0.4 is 11.1 Å². The van der Waals surface area contributed by atoms with Crippen LogP contribution in [0.2, 0.25) is 0 Å². The van der Waals surface area contributed by atoms with Crippen molar-refractivity contribution in [3.05, 3.63) is 29.6 Å². The highest BCUT2D eigenvalue weighted by atomic mass is 19.1. The number of nitrogens with two attached hydrogens (primary N) is 1. The highest BCUT2D eigenvalue weighted by Gasteiger charge is 2.13. The monoisotopic (exact) mass is 208 g/mol. The van der Waals surface area contributed by atoms with Crippen molar-refractivity contribution in [3.63, 3.8) is 0 Å². The van der Waals surface area contributed by atoms with Gasteiger partial charge in [-0.05, 0) is 30.5 Å². The van der Waals surface area contributed by atoms with Crippen LogP contribution in [-0.2, 0) is 6.54 Å². The Morgan fingerprint density at radius 1 is 1.33 bits per heavy atom. The molecule has 3 heteroatoms. The average molecular weight is 208 g/mol. The van der Waals surface area contributed by atoms with Crippen molar-refractivity contribution in [1.82, 2.24) is 5.32 Å². The zero-order chi connectivity index (χ0) is 10.7. The number of hydrogen-bond donors (Lipinski definition) is 2. The molecule has 1 aliphatic rings. The molecule has 0 atom stereocenters. The van der Waals surface area contributed by atoms with E-state index >= 15 is 0 Å². The van der Waals surface area contributed by atoms with Gasteiger partial charge in [-0.15, -0.1) is 0 Å². The van der Waals surface area contributed by atoms with Gasteiger partial charge in [0.15, 0.2) is 0 Å². The van der Waals surface area contributed by atoms with Crippen molar-refractivity contribution < 1.29 is 4.39 Å². The average Bonchev–Trinajstić information content (AvgIpc) is 2.73. The fourth-order valence-corrected chi connectivity index (χ4v) is 2.07. The van der Waals surface area contributed by atoms with E-state index in [0.717, 1.165) is 12.1 Å². The summed E-state index contributed by atoms with van der Waals surface area (Å²) in [6, 6.07) is 5.63. The van der Waals surface area contributed by atoms with E-state index in [-0.39, 0.29) is 11.5 Å². The second-order valence-electron chi connectivity index (χ2n) is 4.22. The topological polar surface area (TPSA) is 38.0 Å². The number of anilines is 1. The van der Waals surface area contributed by atoms with Gasteiger partial charge < -0.3 is 11.1 Å². The van der Waals surface area contributed by atoms with Crippen LogP contribution >= 0.6 is 0 Å². The molecule has 82 valence electrons. The first-order valence-electron chi connectivity index (χ1n) is 5.53. The fraction of sp³-hybridized carbons (Fsp3) is 0.500. The highest BCUT2D eigenvalue weighted by molar-refractivity contribution is 5.41. The van der Waals surface area contributed by atoms with Crippen LogP contribution in [0.4, 0.5) is 10.1 Å². The molecule has 0 radical (unpaired) electrons. The van der Waals surface area contributed by atoms with E-state index in [1.165, 1.54) is 31.7 Å². The van der Waals surface area contributed by atoms with E-state index in [4.69, 9.17) is 5.73 Å². The fourth-order valence-electron chi connectivity index (χ4n) is 2.07. The van der Waals surface area contributed by atoms with Gasteiger partial charge in [0.25, 0.3) is 0 Å². The van der Waals surface area contributed by atoms with Crippen LogP contribution in [0, 0.1) is 5.82 Å². The van der Waals surface area contributed by atoms with Gasteiger partial charge in [-0.2, -0.15) is 0 Å². The lowest BCUT2D eigenvalue weighted by Crippen LogP contribution is -2.25. The number of nitrogens with one attached hydrogen (secondary N) is 1. The second-order valence-corrected chi connectivity index (χ2v) is 4.22. The van der Waals surface area contributed by atoms with Crippen LogP contribution in [0.15, 0.2) is 18.2 Å². The Bertz CT molecular complexity index is 332. The third-order valence-electron chi connectivity index (χ3n) is 3.01. The quantitative estimate of drug-likeness (QED) is 0.749. The smallest absolute Gasteiger partial charge is 0.146 e. The van der Waals surface area contributed by atoms with Crippen molar-refractivity contribution in [2.24, 2.45) is 0 Å². The van der Waals surface area contributed by atoms with Gasteiger partial charge in [-0.1, -0.05) is 18.9 Å². The third kappa shape index (κ3) is 2.69. The number of rotatable bonds is 3. The summed E-state index contributed by atoms with van der Waals surface area (Å²) < 4.78 is 13.1. The molecule has 0 amide bonds. The predicted molar refractivity (Wildman–Crippen MR) is 59.9 cm³/mol. The number of nitrogen functional groups attached to an aromatic ring is 1. The maximum absolute atomic E-state index is 13.1. The molecule has 0 aromatic heterocycles. The normalized spacial score (nSPS) is 17.1. The Hall–Kier alpha value is -1.09. The lowest BCUT2D eigenvalue weighted by molar-refractivity contribution is 0.522. The van der Waals surface area contributed by atoms with Crippen molar-refractivity contribution in [3.8, 4) is 0 Å². The molecule has 0 heterocycles. The minimum absolute atomic E-state index is 0.222.